The van der Waals surface area contributed by atoms with Gasteiger partial charge >= 0.3 is 0 Å². The highest BCUT2D eigenvalue weighted by Crippen LogP contribution is 2.30. The minimum absolute atomic E-state index is 0.459. The summed E-state index contributed by atoms with van der Waals surface area (Å²) >= 11 is 1.79. The van der Waals surface area contributed by atoms with Gasteiger partial charge in [-0.05, 0) is 23.6 Å². The Morgan fingerprint density at radius 1 is 1.21 bits per heavy atom. The van der Waals surface area contributed by atoms with Gasteiger partial charge in [-0.1, -0.05) is 40.7 Å². The third-order valence-corrected chi connectivity index (χ3v) is 4.66. The van der Waals surface area contributed by atoms with Crippen molar-refractivity contribution in [2.24, 2.45) is 5.92 Å². The van der Waals surface area contributed by atoms with E-state index in [0.29, 0.717) is 17.2 Å². The lowest BCUT2D eigenvalue weighted by atomic mass is 10.1. The van der Waals surface area contributed by atoms with E-state index in [-0.39, 0.29) is 0 Å². The number of hydrogen-bond acceptors (Lipinski definition) is 3. The molecule has 19 heavy (non-hydrogen) atoms. The molecular formula is C16H24N2S. The molecule has 0 aliphatic heterocycles. The third kappa shape index (κ3) is 5.26. The average molecular weight is 276 g/mol. The highest BCUT2D eigenvalue weighted by atomic mass is 32.2. The number of thioether (sulfide) groups is 1. The second-order valence-electron chi connectivity index (χ2n) is 5.54. The van der Waals surface area contributed by atoms with Crippen LogP contribution in [0.25, 0.3) is 0 Å². The molecule has 1 aromatic carbocycles. The molecule has 0 saturated carbocycles. The van der Waals surface area contributed by atoms with Crippen LogP contribution < -0.4 is 5.32 Å². The molecule has 0 aliphatic carbocycles. The Morgan fingerprint density at radius 3 is 2.42 bits per heavy atom. The Hall–Kier alpha value is -0.980. The second-order valence-corrected chi connectivity index (χ2v) is 6.96. The highest BCUT2D eigenvalue weighted by molar-refractivity contribution is 8.00. The molecule has 0 aliphatic rings. The second kappa shape index (κ2) is 7.57. The fourth-order valence-electron chi connectivity index (χ4n) is 1.54. The Morgan fingerprint density at radius 2 is 1.89 bits per heavy atom. The summed E-state index contributed by atoms with van der Waals surface area (Å²) in [7, 11) is 0. The molecule has 0 saturated heterocycles. The van der Waals surface area contributed by atoms with E-state index in [1.807, 2.05) is 6.07 Å². The standard InChI is InChI=1S/C16H24N2S/c1-11(2)13(5)19-16-7-6-14(8-15(16)9-17)10-18-12(3)4/h6-8,11-13,18H,10H2,1-5H3. The van der Waals surface area contributed by atoms with E-state index in [9.17, 15) is 5.26 Å². The number of rotatable bonds is 6. The summed E-state index contributed by atoms with van der Waals surface area (Å²) in [5.74, 6) is 0.610. The van der Waals surface area contributed by atoms with Crippen molar-refractivity contribution in [2.45, 2.75) is 57.4 Å². The SMILES string of the molecule is CC(C)NCc1ccc(SC(C)C(C)C)c(C#N)c1. The van der Waals surface area contributed by atoms with Crippen LogP contribution in [-0.4, -0.2) is 11.3 Å². The van der Waals surface area contributed by atoms with Gasteiger partial charge in [0.05, 0.1) is 5.56 Å². The van der Waals surface area contributed by atoms with Gasteiger partial charge < -0.3 is 5.32 Å². The van der Waals surface area contributed by atoms with Gasteiger partial charge in [-0.25, -0.2) is 0 Å². The molecule has 1 N–H and O–H groups in total. The van der Waals surface area contributed by atoms with Gasteiger partial charge in [0.25, 0.3) is 0 Å². The monoisotopic (exact) mass is 276 g/mol. The first kappa shape index (κ1) is 16.1. The van der Waals surface area contributed by atoms with Crippen LogP contribution in [0.1, 0.15) is 45.7 Å². The molecule has 0 spiro atoms. The molecule has 1 rings (SSSR count). The lowest BCUT2D eigenvalue weighted by molar-refractivity contribution is 0.588. The van der Waals surface area contributed by atoms with Gasteiger partial charge in [0.15, 0.2) is 0 Å². The summed E-state index contributed by atoms with van der Waals surface area (Å²) in [5.41, 5.74) is 1.97. The van der Waals surface area contributed by atoms with Crippen LogP contribution in [0.5, 0.6) is 0 Å². The van der Waals surface area contributed by atoms with Crippen LogP contribution in [0.15, 0.2) is 23.1 Å². The minimum Gasteiger partial charge on any atom is -0.310 e. The van der Waals surface area contributed by atoms with Crippen molar-refractivity contribution in [1.29, 1.82) is 5.26 Å². The van der Waals surface area contributed by atoms with E-state index in [4.69, 9.17) is 0 Å². The number of nitrogens with one attached hydrogen (secondary N) is 1. The zero-order valence-corrected chi connectivity index (χ0v) is 13.3. The van der Waals surface area contributed by atoms with E-state index >= 15 is 0 Å². The van der Waals surface area contributed by atoms with Crippen molar-refractivity contribution in [3.05, 3.63) is 29.3 Å². The van der Waals surface area contributed by atoms with E-state index in [1.54, 1.807) is 11.8 Å². The molecule has 1 aromatic rings. The van der Waals surface area contributed by atoms with Crippen LogP contribution in [0, 0.1) is 17.2 Å². The summed E-state index contributed by atoms with van der Waals surface area (Å²) in [6, 6.07) is 8.98. The normalized spacial score (nSPS) is 12.7. The first-order valence-electron chi connectivity index (χ1n) is 6.87. The number of nitrogens with zero attached hydrogens (tertiary/aromatic N) is 1. The van der Waals surface area contributed by atoms with Crippen LogP contribution in [0.2, 0.25) is 0 Å². The Kier molecular flexibility index (Phi) is 6.41. The molecule has 104 valence electrons. The van der Waals surface area contributed by atoms with Gasteiger partial charge in [-0.15, -0.1) is 11.8 Å². The Bertz CT molecular complexity index is 447. The Labute approximate surface area is 121 Å². The van der Waals surface area contributed by atoms with E-state index in [0.717, 1.165) is 17.0 Å². The zero-order valence-electron chi connectivity index (χ0n) is 12.5. The summed E-state index contributed by atoms with van der Waals surface area (Å²) < 4.78 is 0. The molecule has 0 amide bonds. The first-order valence-corrected chi connectivity index (χ1v) is 7.75. The fraction of sp³-hybridized carbons (Fsp3) is 0.562. The van der Waals surface area contributed by atoms with Crippen LogP contribution >= 0.6 is 11.8 Å². The minimum atomic E-state index is 0.459. The highest BCUT2D eigenvalue weighted by Gasteiger charge is 2.12. The molecule has 0 bridgehead atoms. The van der Waals surface area contributed by atoms with Crippen molar-refractivity contribution in [3.8, 4) is 6.07 Å². The van der Waals surface area contributed by atoms with Crippen LogP contribution in [0.4, 0.5) is 0 Å². The maximum Gasteiger partial charge on any atom is 0.100 e. The summed E-state index contributed by atoms with van der Waals surface area (Å²) in [6.07, 6.45) is 0. The summed E-state index contributed by atoms with van der Waals surface area (Å²) in [4.78, 5) is 1.09. The summed E-state index contributed by atoms with van der Waals surface area (Å²) in [6.45, 7) is 11.7. The van der Waals surface area contributed by atoms with E-state index < -0.39 is 0 Å². The number of benzene rings is 1. The molecule has 3 heteroatoms. The maximum absolute atomic E-state index is 9.29. The topological polar surface area (TPSA) is 35.8 Å². The van der Waals surface area contributed by atoms with Crippen LogP contribution in [0.3, 0.4) is 0 Å². The molecule has 1 atom stereocenters. The quantitative estimate of drug-likeness (QED) is 0.791. The molecule has 0 aromatic heterocycles. The molecule has 0 heterocycles. The predicted octanol–water partition coefficient (Wildman–Crippen LogP) is 4.19. The van der Waals surface area contributed by atoms with Gasteiger partial charge in [0, 0.05) is 22.7 Å². The van der Waals surface area contributed by atoms with Gasteiger partial charge in [0.1, 0.15) is 6.07 Å². The van der Waals surface area contributed by atoms with Crippen molar-refractivity contribution in [2.75, 3.05) is 0 Å². The fourth-order valence-corrected chi connectivity index (χ4v) is 2.59. The van der Waals surface area contributed by atoms with Gasteiger partial charge in [-0.3, -0.25) is 0 Å². The lowest BCUT2D eigenvalue weighted by Crippen LogP contribution is -2.21. The van der Waals surface area contributed by atoms with E-state index in [1.165, 1.54) is 5.56 Å². The smallest absolute Gasteiger partial charge is 0.100 e. The van der Waals surface area contributed by atoms with Crippen molar-refractivity contribution in [1.82, 2.24) is 5.32 Å². The van der Waals surface area contributed by atoms with Gasteiger partial charge in [0.2, 0.25) is 0 Å². The molecule has 0 fully saturated rings. The molecular weight excluding hydrogens is 252 g/mol. The first-order chi connectivity index (χ1) is 8.93. The molecule has 2 nitrogen and oxygen atoms in total. The predicted molar refractivity (Wildman–Crippen MR) is 83.3 cm³/mol. The van der Waals surface area contributed by atoms with E-state index in [2.05, 4.69) is 58.1 Å². The number of nitriles is 1. The van der Waals surface area contributed by atoms with Gasteiger partial charge in [-0.2, -0.15) is 5.26 Å². The Balaban J connectivity index is 2.82. The van der Waals surface area contributed by atoms with Crippen molar-refractivity contribution < 1.29 is 0 Å². The van der Waals surface area contributed by atoms with Crippen molar-refractivity contribution >= 4 is 11.8 Å². The lowest BCUT2D eigenvalue weighted by Gasteiger charge is -2.16. The number of hydrogen-bond donors (Lipinski definition) is 1. The van der Waals surface area contributed by atoms with Crippen molar-refractivity contribution in [3.63, 3.8) is 0 Å². The molecule has 1 unspecified atom stereocenters. The third-order valence-electron chi connectivity index (χ3n) is 3.13. The average Bonchev–Trinajstić information content (AvgIpc) is 2.37. The summed E-state index contributed by atoms with van der Waals surface area (Å²) in [5, 5.41) is 13.2. The van der Waals surface area contributed by atoms with Crippen LogP contribution in [-0.2, 0) is 6.54 Å². The maximum atomic E-state index is 9.29. The molecule has 0 radical (unpaired) electrons. The largest absolute Gasteiger partial charge is 0.310 e. The zero-order chi connectivity index (χ0) is 14.4.